The van der Waals surface area contributed by atoms with Gasteiger partial charge in [0, 0.05) is 5.56 Å². The first-order valence-electron chi connectivity index (χ1n) is 6.44. The van der Waals surface area contributed by atoms with Gasteiger partial charge in [0.15, 0.2) is 0 Å². The molecule has 0 unspecified atom stereocenters. The number of aldehydes is 1. The highest BCUT2D eigenvalue weighted by atomic mass is 16.5. The molecule has 0 amide bonds. The summed E-state index contributed by atoms with van der Waals surface area (Å²) in [5, 5.41) is 0. The molecule has 2 rings (SSSR count). The lowest BCUT2D eigenvalue weighted by Crippen LogP contribution is -1.94. The number of aryl methyl sites for hydroxylation is 1. The van der Waals surface area contributed by atoms with Gasteiger partial charge in [0.1, 0.15) is 17.8 Å². The van der Waals surface area contributed by atoms with Gasteiger partial charge in [0.2, 0.25) is 0 Å². The zero-order valence-corrected chi connectivity index (χ0v) is 11.5. The van der Waals surface area contributed by atoms with Gasteiger partial charge >= 0.3 is 0 Å². The molecule has 0 fully saturated rings. The highest BCUT2D eigenvalue weighted by molar-refractivity contribution is 5.77. The number of ether oxygens (including phenoxy) is 1. The average Bonchev–Trinajstić information content (AvgIpc) is 2.39. The first-order chi connectivity index (χ1) is 9.11. The number of hydrogen-bond acceptors (Lipinski definition) is 2. The molecule has 19 heavy (non-hydrogen) atoms. The molecule has 0 aliphatic rings. The number of carbonyl (C=O) groups excluding carboxylic acids is 1. The van der Waals surface area contributed by atoms with Crippen molar-refractivity contribution in [1.82, 2.24) is 0 Å². The van der Waals surface area contributed by atoms with Crippen molar-refractivity contribution >= 4 is 6.29 Å². The van der Waals surface area contributed by atoms with Gasteiger partial charge in [-0.2, -0.15) is 0 Å². The van der Waals surface area contributed by atoms with Crippen molar-refractivity contribution in [1.29, 1.82) is 0 Å². The van der Waals surface area contributed by atoms with Crippen molar-refractivity contribution < 1.29 is 9.53 Å². The molecule has 0 bridgehead atoms. The molecule has 0 radical (unpaired) electrons. The number of benzene rings is 2. The highest BCUT2D eigenvalue weighted by Crippen LogP contribution is 2.30. The summed E-state index contributed by atoms with van der Waals surface area (Å²) < 4.78 is 5.94. The number of para-hydroxylation sites is 1. The Bertz CT molecular complexity index is 586. The van der Waals surface area contributed by atoms with Gasteiger partial charge in [-0.15, -0.1) is 0 Å². The second kappa shape index (κ2) is 5.70. The third-order valence-electron chi connectivity index (χ3n) is 3.14. The van der Waals surface area contributed by atoms with E-state index in [1.165, 1.54) is 5.56 Å². The zero-order valence-electron chi connectivity index (χ0n) is 11.5. The van der Waals surface area contributed by atoms with E-state index in [1.807, 2.05) is 37.3 Å². The molecular formula is C17H18O2. The Labute approximate surface area is 114 Å². The van der Waals surface area contributed by atoms with E-state index in [2.05, 4.69) is 19.9 Å². The van der Waals surface area contributed by atoms with Crippen molar-refractivity contribution in [3.8, 4) is 11.5 Å². The first kappa shape index (κ1) is 13.3. The second-order valence-corrected chi connectivity index (χ2v) is 4.93. The van der Waals surface area contributed by atoms with Crippen LogP contribution in [0.5, 0.6) is 11.5 Å². The zero-order chi connectivity index (χ0) is 13.8. The Morgan fingerprint density at radius 3 is 2.47 bits per heavy atom. The molecule has 0 heterocycles. The van der Waals surface area contributed by atoms with Gasteiger partial charge in [0.05, 0.1) is 0 Å². The molecular weight excluding hydrogens is 236 g/mol. The molecule has 0 aliphatic carbocycles. The van der Waals surface area contributed by atoms with Gasteiger partial charge in [-0.1, -0.05) is 32.0 Å². The van der Waals surface area contributed by atoms with E-state index < -0.39 is 0 Å². The summed E-state index contributed by atoms with van der Waals surface area (Å²) in [6, 6.07) is 13.5. The topological polar surface area (TPSA) is 26.3 Å². The summed E-state index contributed by atoms with van der Waals surface area (Å²) in [7, 11) is 0. The predicted octanol–water partition coefficient (Wildman–Crippen LogP) is 4.72. The third kappa shape index (κ3) is 3.02. The fourth-order valence-electron chi connectivity index (χ4n) is 2.02. The molecule has 0 atom stereocenters. The van der Waals surface area contributed by atoms with Crippen LogP contribution < -0.4 is 4.74 Å². The van der Waals surface area contributed by atoms with Crippen molar-refractivity contribution in [3.63, 3.8) is 0 Å². The quantitative estimate of drug-likeness (QED) is 0.738. The maximum atomic E-state index is 10.8. The monoisotopic (exact) mass is 254 g/mol. The molecule has 2 nitrogen and oxygen atoms in total. The standard InChI is InChI=1S/C17H18O2/c1-12(2)16-6-4-5-7-17(16)19-15-9-8-14(11-18)13(3)10-15/h4-12H,1-3H3. The van der Waals surface area contributed by atoms with Crippen LogP contribution in [-0.4, -0.2) is 6.29 Å². The molecule has 2 aromatic rings. The lowest BCUT2D eigenvalue weighted by molar-refractivity contribution is 0.112. The average molecular weight is 254 g/mol. The minimum atomic E-state index is 0.409. The fourth-order valence-corrected chi connectivity index (χ4v) is 2.02. The normalized spacial score (nSPS) is 10.5. The molecule has 2 heteroatoms. The van der Waals surface area contributed by atoms with Crippen molar-refractivity contribution in [2.24, 2.45) is 0 Å². The van der Waals surface area contributed by atoms with Crippen LogP contribution in [0.15, 0.2) is 42.5 Å². The van der Waals surface area contributed by atoms with Gasteiger partial charge in [-0.05, 0) is 48.2 Å². The Morgan fingerprint density at radius 2 is 1.84 bits per heavy atom. The lowest BCUT2D eigenvalue weighted by Gasteiger charge is -2.14. The van der Waals surface area contributed by atoms with Gasteiger partial charge < -0.3 is 4.74 Å². The molecule has 0 N–H and O–H groups in total. The fraction of sp³-hybridized carbons (Fsp3) is 0.235. The summed E-state index contributed by atoms with van der Waals surface area (Å²) in [6.07, 6.45) is 0.862. The molecule has 0 saturated heterocycles. The van der Waals surface area contributed by atoms with Gasteiger partial charge in [-0.25, -0.2) is 0 Å². The molecule has 2 aromatic carbocycles. The van der Waals surface area contributed by atoms with E-state index in [1.54, 1.807) is 6.07 Å². The van der Waals surface area contributed by atoms with E-state index >= 15 is 0 Å². The summed E-state index contributed by atoms with van der Waals surface area (Å²) >= 11 is 0. The van der Waals surface area contributed by atoms with E-state index in [9.17, 15) is 4.79 Å². The van der Waals surface area contributed by atoms with Crippen LogP contribution in [-0.2, 0) is 0 Å². The van der Waals surface area contributed by atoms with Crippen LogP contribution in [0.1, 0.15) is 41.3 Å². The Balaban J connectivity index is 2.31. The summed E-state index contributed by atoms with van der Waals surface area (Å²) in [5.74, 6) is 2.04. The highest BCUT2D eigenvalue weighted by Gasteiger charge is 2.08. The number of hydrogen-bond donors (Lipinski definition) is 0. The smallest absolute Gasteiger partial charge is 0.150 e. The molecule has 0 spiro atoms. The largest absolute Gasteiger partial charge is 0.457 e. The first-order valence-corrected chi connectivity index (χ1v) is 6.44. The third-order valence-corrected chi connectivity index (χ3v) is 3.14. The summed E-state index contributed by atoms with van der Waals surface area (Å²) in [6.45, 7) is 6.19. The van der Waals surface area contributed by atoms with Crippen molar-refractivity contribution in [2.45, 2.75) is 26.7 Å². The Hall–Kier alpha value is -2.09. The molecule has 0 saturated carbocycles. The van der Waals surface area contributed by atoms with Crippen LogP contribution >= 0.6 is 0 Å². The van der Waals surface area contributed by atoms with Crippen LogP contribution in [0, 0.1) is 6.92 Å². The predicted molar refractivity (Wildman–Crippen MR) is 77.2 cm³/mol. The molecule has 98 valence electrons. The van der Waals surface area contributed by atoms with E-state index in [0.29, 0.717) is 11.5 Å². The molecule has 0 aliphatic heterocycles. The minimum Gasteiger partial charge on any atom is -0.457 e. The van der Waals surface area contributed by atoms with Crippen LogP contribution in [0.2, 0.25) is 0 Å². The SMILES string of the molecule is Cc1cc(Oc2ccccc2C(C)C)ccc1C=O. The van der Waals surface area contributed by atoms with Crippen LogP contribution in [0.4, 0.5) is 0 Å². The Kier molecular flexibility index (Phi) is 4.00. The van der Waals surface area contributed by atoms with Crippen molar-refractivity contribution in [2.75, 3.05) is 0 Å². The van der Waals surface area contributed by atoms with Crippen LogP contribution in [0.25, 0.3) is 0 Å². The van der Waals surface area contributed by atoms with Crippen LogP contribution in [0.3, 0.4) is 0 Å². The van der Waals surface area contributed by atoms with Gasteiger partial charge in [0.25, 0.3) is 0 Å². The van der Waals surface area contributed by atoms with Crippen molar-refractivity contribution in [3.05, 3.63) is 59.2 Å². The van der Waals surface area contributed by atoms with E-state index in [4.69, 9.17) is 4.74 Å². The minimum absolute atomic E-state index is 0.409. The van der Waals surface area contributed by atoms with E-state index in [0.717, 1.165) is 23.3 Å². The maximum absolute atomic E-state index is 10.8. The Morgan fingerprint density at radius 1 is 1.11 bits per heavy atom. The molecule has 0 aromatic heterocycles. The lowest BCUT2D eigenvalue weighted by atomic mass is 10.0. The maximum Gasteiger partial charge on any atom is 0.150 e. The van der Waals surface area contributed by atoms with E-state index in [-0.39, 0.29) is 0 Å². The summed E-state index contributed by atoms with van der Waals surface area (Å²) in [5.41, 5.74) is 2.80. The number of rotatable bonds is 4. The second-order valence-electron chi connectivity index (χ2n) is 4.93. The van der Waals surface area contributed by atoms with Gasteiger partial charge in [-0.3, -0.25) is 4.79 Å². The summed E-state index contributed by atoms with van der Waals surface area (Å²) in [4.78, 5) is 10.8. The number of carbonyl (C=O) groups is 1.